The highest BCUT2D eigenvalue weighted by molar-refractivity contribution is 7.99. The smallest absolute Gasteiger partial charge is 0.191 e. The topological polar surface area (TPSA) is 56.7 Å². The predicted octanol–water partition coefficient (Wildman–Crippen LogP) is 5.30. The molecular weight excluding hydrogens is 356 g/mol. The van der Waals surface area contributed by atoms with E-state index in [0.29, 0.717) is 0 Å². The minimum absolute atomic E-state index is 0.243. The fourth-order valence-electron chi connectivity index (χ4n) is 2.82. The fraction of sp³-hybridized carbons (Fsp3) is 0.190. The maximum Gasteiger partial charge on any atom is 0.191 e. The Kier molecular flexibility index (Phi) is 4.81. The lowest BCUT2D eigenvalue weighted by Gasteiger charge is -2.11. The second-order valence-corrected chi connectivity index (χ2v) is 7.86. The van der Waals surface area contributed by atoms with Crippen molar-refractivity contribution in [2.75, 3.05) is 0 Å². The number of hydrogen-bond acceptors (Lipinski definition) is 5. The van der Waals surface area contributed by atoms with Gasteiger partial charge in [-0.05, 0) is 25.5 Å². The zero-order valence-corrected chi connectivity index (χ0v) is 16.3. The lowest BCUT2D eigenvalue weighted by atomic mass is 10.1. The molecule has 136 valence electrons. The Bertz CT molecular complexity index is 1050. The third-order valence-electron chi connectivity index (χ3n) is 4.45. The van der Waals surface area contributed by atoms with Crippen molar-refractivity contribution in [1.82, 2.24) is 19.9 Å². The van der Waals surface area contributed by atoms with Crippen LogP contribution in [-0.2, 0) is 7.05 Å². The van der Waals surface area contributed by atoms with Crippen LogP contribution in [0, 0.1) is 6.92 Å². The molecule has 2 aromatic heterocycles. The van der Waals surface area contributed by atoms with Crippen molar-refractivity contribution in [2.45, 2.75) is 24.3 Å². The first-order valence-electron chi connectivity index (χ1n) is 8.75. The summed E-state index contributed by atoms with van der Waals surface area (Å²) in [5.41, 5.74) is 5.34. The van der Waals surface area contributed by atoms with Gasteiger partial charge in [-0.1, -0.05) is 64.9 Å². The summed E-state index contributed by atoms with van der Waals surface area (Å²) in [4.78, 5) is 0. The van der Waals surface area contributed by atoms with Gasteiger partial charge in [0.15, 0.2) is 10.9 Å². The average Bonchev–Trinajstić information content (AvgIpc) is 3.32. The van der Waals surface area contributed by atoms with Crippen molar-refractivity contribution in [3.05, 3.63) is 72.1 Å². The van der Waals surface area contributed by atoms with E-state index >= 15 is 0 Å². The number of nitrogens with zero attached hydrogens (tertiary/aromatic N) is 4. The highest BCUT2D eigenvalue weighted by Gasteiger charge is 2.14. The highest BCUT2D eigenvalue weighted by Crippen LogP contribution is 2.35. The van der Waals surface area contributed by atoms with Gasteiger partial charge in [-0.2, -0.15) is 0 Å². The van der Waals surface area contributed by atoms with E-state index < -0.39 is 0 Å². The van der Waals surface area contributed by atoms with Crippen LogP contribution in [0.3, 0.4) is 0 Å². The van der Waals surface area contributed by atoms with E-state index in [1.165, 1.54) is 11.1 Å². The SMILES string of the molecule is Cc1ccc(-c2cc(-c3cccc(C(C)Sc4nncn4C)c3)on2)cc1. The molecule has 0 radical (unpaired) electrons. The van der Waals surface area contributed by atoms with Crippen molar-refractivity contribution in [1.29, 1.82) is 0 Å². The Labute approximate surface area is 162 Å². The molecule has 2 heterocycles. The molecule has 2 aromatic carbocycles. The normalized spacial score (nSPS) is 12.3. The number of aromatic nitrogens is 4. The lowest BCUT2D eigenvalue weighted by molar-refractivity contribution is 0.435. The molecule has 0 aliphatic rings. The van der Waals surface area contributed by atoms with Crippen LogP contribution in [0.25, 0.3) is 22.6 Å². The Morgan fingerprint density at radius 1 is 1.04 bits per heavy atom. The Balaban J connectivity index is 1.57. The number of hydrogen-bond donors (Lipinski definition) is 0. The monoisotopic (exact) mass is 376 g/mol. The molecule has 0 amide bonds. The first kappa shape index (κ1) is 17.5. The summed E-state index contributed by atoms with van der Waals surface area (Å²) in [6.07, 6.45) is 1.71. The summed E-state index contributed by atoms with van der Waals surface area (Å²) in [5, 5.41) is 13.5. The molecule has 0 bridgehead atoms. The molecule has 0 spiro atoms. The molecule has 0 saturated carbocycles. The van der Waals surface area contributed by atoms with Gasteiger partial charge in [-0.3, -0.25) is 0 Å². The van der Waals surface area contributed by atoms with Gasteiger partial charge in [-0.25, -0.2) is 0 Å². The molecule has 0 saturated heterocycles. The van der Waals surface area contributed by atoms with Crippen LogP contribution in [0.1, 0.15) is 23.3 Å². The van der Waals surface area contributed by atoms with Crippen LogP contribution in [0.2, 0.25) is 0 Å². The van der Waals surface area contributed by atoms with E-state index in [1.807, 2.05) is 29.8 Å². The third-order valence-corrected chi connectivity index (χ3v) is 5.66. The van der Waals surface area contributed by atoms with Crippen molar-refractivity contribution in [3.8, 4) is 22.6 Å². The molecule has 4 aromatic rings. The van der Waals surface area contributed by atoms with E-state index in [4.69, 9.17) is 4.52 Å². The fourth-order valence-corrected chi connectivity index (χ4v) is 3.73. The second-order valence-electron chi connectivity index (χ2n) is 6.55. The zero-order valence-electron chi connectivity index (χ0n) is 15.5. The minimum Gasteiger partial charge on any atom is -0.356 e. The maximum atomic E-state index is 5.61. The zero-order chi connectivity index (χ0) is 18.8. The van der Waals surface area contributed by atoms with Crippen molar-refractivity contribution in [2.24, 2.45) is 7.05 Å². The molecule has 0 fully saturated rings. The summed E-state index contributed by atoms with van der Waals surface area (Å²) >= 11 is 1.68. The van der Waals surface area contributed by atoms with Gasteiger partial charge in [0.25, 0.3) is 0 Å². The molecule has 0 N–H and O–H groups in total. The van der Waals surface area contributed by atoms with Crippen LogP contribution >= 0.6 is 11.8 Å². The Hall–Kier alpha value is -2.86. The summed E-state index contributed by atoms with van der Waals surface area (Å²) in [7, 11) is 1.95. The molecule has 6 heteroatoms. The Morgan fingerprint density at radius 2 is 1.85 bits per heavy atom. The highest BCUT2D eigenvalue weighted by atomic mass is 32.2. The third kappa shape index (κ3) is 3.80. The lowest BCUT2D eigenvalue weighted by Crippen LogP contribution is -1.94. The van der Waals surface area contributed by atoms with Gasteiger partial charge < -0.3 is 9.09 Å². The van der Waals surface area contributed by atoms with E-state index in [0.717, 1.165) is 27.7 Å². The second kappa shape index (κ2) is 7.40. The first-order valence-corrected chi connectivity index (χ1v) is 9.63. The van der Waals surface area contributed by atoms with E-state index in [-0.39, 0.29) is 5.25 Å². The van der Waals surface area contributed by atoms with E-state index in [1.54, 1.807) is 18.1 Å². The summed E-state index contributed by atoms with van der Waals surface area (Å²) in [6.45, 7) is 4.24. The summed E-state index contributed by atoms with van der Waals surface area (Å²) in [6, 6.07) is 18.6. The molecule has 5 nitrogen and oxygen atoms in total. The quantitative estimate of drug-likeness (QED) is 0.442. The minimum atomic E-state index is 0.243. The van der Waals surface area contributed by atoms with Crippen LogP contribution in [0.15, 0.2) is 70.6 Å². The van der Waals surface area contributed by atoms with Crippen molar-refractivity contribution in [3.63, 3.8) is 0 Å². The standard InChI is InChI=1S/C21H20N4OS/c1-14-7-9-16(10-8-14)19-12-20(26-24-19)18-6-4-5-17(11-18)15(2)27-21-23-22-13-25(21)3/h4-13,15H,1-3H3. The van der Waals surface area contributed by atoms with Crippen LogP contribution in [-0.4, -0.2) is 19.9 Å². The predicted molar refractivity (Wildman–Crippen MR) is 107 cm³/mol. The van der Waals surface area contributed by atoms with E-state index in [2.05, 4.69) is 65.6 Å². The van der Waals surface area contributed by atoms with Crippen LogP contribution < -0.4 is 0 Å². The van der Waals surface area contributed by atoms with Gasteiger partial charge in [0.2, 0.25) is 0 Å². The number of rotatable bonds is 5. The number of thioether (sulfide) groups is 1. The molecule has 1 atom stereocenters. The first-order chi connectivity index (χ1) is 13.1. The van der Waals surface area contributed by atoms with Crippen molar-refractivity contribution >= 4 is 11.8 Å². The Morgan fingerprint density at radius 3 is 2.59 bits per heavy atom. The summed E-state index contributed by atoms with van der Waals surface area (Å²) in [5.74, 6) is 0.767. The molecule has 27 heavy (non-hydrogen) atoms. The van der Waals surface area contributed by atoms with Gasteiger partial charge in [-0.15, -0.1) is 10.2 Å². The number of aryl methyl sites for hydroxylation is 2. The number of benzene rings is 2. The van der Waals surface area contributed by atoms with Gasteiger partial charge in [0, 0.05) is 29.5 Å². The van der Waals surface area contributed by atoms with Crippen LogP contribution in [0.4, 0.5) is 0 Å². The molecule has 4 rings (SSSR count). The van der Waals surface area contributed by atoms with E-state index in [9.17, 15) is 0 Å². The summed E-state index contributed by atoms with van der Waals surface area (Å²) < 4.78 is 7.54. The largest absolute Gasteiger partial charge is 0.356 e. The van der Waals surface area contributed by atoms with Gasteiger partial charge in [0.05, 0.1) is 0 Å². The van der Waals surface area contributed by atoms with Gasteiger partial charge >= 0.3 is 0 Å². The molecule has 1 unspecified atom stereocenters. The van der Waals surface area contributed by atoms with Gasteiger partial charge in [0.1, 0.15) is 12.0 Å². The van der Waals surface area contributed by atoms with Crippen molar-refractivity contribution < 1.29 is 4.52 Å². The molecule has 0 aliphatic heterocycles. The molecule has 0 aliphatic carbocycles. The maximum absolute atomic E-state index is 5.61. The average molecular weight is 376 g/mol. The molecular formula is C21H20N4OS. The van der Waals surface area contributed by atoms with Crippen LogP contribution in [0.5, 0.6) is 0 Å².